The quantitative estimate of drug-likeness (QED) is 0.690. The molecule has 0 saturated carbocycles. The lowest BCUT2D eigenvalue weighted by Crippen LogP contribution is -2.05. The SMILES string of the molecule is CCOC(=O)c1cnn2c(-c3ccc(C(C)C)cc3)ccnc12. The molecule has 5 heteroatoms. The minimum atomic E-state index is -0.401. The highest BCUT2D eigenvalue weighted by molar-refractivity contribution is 5.95. The van der Waals surface area contributed by atoms with Gasteiger partial charge < -0.3 is 4.74 Å². The second-order valence-corrected chi connectivity index (χ2v) is 5.62. The molecule has 0 spiro atoms. The van der Waals surface area contributed by atoms with Crippen LogP contribution in [0, 0.1) is 0 Å². The van der Waals surface area contributed by atoms with Gasteiger partial charge in [0.05, 0.1) is 18.5 Å². The fraction of sp³-hybridized carbons (Fsp3) is 0.278. The van der Waals surface area contributed by atoms with E-state index < -0.39 is 5.97 Å². The lowest BCUT2D eigenvalue weighted by atomic mass is 10.0. The highest BCUT2D eigenvalue weighted by Crippen LogP contribution is 2.23. The summed E-state index contributed by atoms with van der Waals surface area (Å²) in [5.41, 5.74) is 4.09. The molecule has 0 aliphatic carbocycles. The molecule has 3 aromatic rings. The van der Waals surface area contributed by atoms with E-state index in [4.69, 9.17) is 4.74 Å². The predicted octanol–water partition coefficient (Wildman–Crippen LogP) is 3.70. The molecule has 1 aromatic carbocycles. The van der Waals surface area contributed by atoms with Gasteiger partial charge in [-0.05, 0) is 24.5 Å². The summed E-state index contributed by atoms with van der Waals surface area (Å²) in [5.74, 6) is 0.0870. The first-order valence-electron chi connectivity index (χ1n) is 7.72. The van der Waals surface area contributed by atoms with Crippen LogP contribution in [-0.2, 0) is 4.74 Å². The van der Waals surface area contributed by atoms with Crippen LogP contribution in [0.15, 0.2) is 42.7 Å². The third-order valence-corrected chi connectivity index (χ3v) is 3.77. The molecule has 0 N–H and O–H groups in total. The lowest BCUT2D eigenvalue weighted by molar-refractivity contribution is 0.0528. The molecule has 0 atom stereocenters. The van der Waals surface area contributed by atoms with Crippen molar-refractivity contribution in [3.63, 3.8) is 0 Å². The Morgan fingerprint density at radius 3 is 2.61 bits per heavy atom. The maximum absolute atomic E-state index is 12.0. The van der Waals surface area contributed by atoms with Gasteiger partial charge in [0.15, 0.2) is 5.65 Å². The second-order valence-electron chi connectivity index (χ2n) is 5.62. The van der Waals surface area contributed by atoms with Crippen LogP contribution < -0.4 is 0 Å². The summed E-state index contributed by atoms with van der Waals surface area (Å²) >= 11 is 0. The van der Waals surface area contributed by atoms with Gasteiger partial charge in [-0.3, -0.25) is 0 Å². The van der Waals surface area contributed by atoms with Crippen LogP contribution in [0.1, 0.15) is 42.6 Å². The Balaban J connectivity index is 2.06. The molecular formula is C18H19N3O2. The Kier molecular flexibility index (Phi) is 4.10. The molecule has 0 radical (unpaired) electrons. The number of benzene rings is 1. The van der Waals surface area contributed by atoms with Crippen molar-refractivity contribution < 1.29 is 9.53 Å². The number of carbonyl (C=O) groups excluding carboxylic acids is 1. The van der Waals surface area contributed by atoms with Crippen LogP contribution in [0.25, 0.3) is 16.9 Å². The van der Waals surface area contributed by atoms with E-state index >= 15 is 0 Å². The van der Waals surface area contributed by atoms with Gasteiger partial charge in [0.2, 0.25) is 0 Å². The molecule has 0 aliphatic heterocycles. The Hall–Kier alpha value is -2.69. The zero-order chi connectivity index (χ0) is 16.4. The van der Waals surface area contributed by atoms with E-state index in [2.05, 4.69) is 48.2 Å². The van der Waals surface area contributed by atoms with Gasteiger partial charge in [0.1, 0.15) is 5.56 Å². The first-order chi connectivity index (χ1) is 11.1. The van der Waals surface area contributed by atoms with Crippen molar-refractivity contribution in [2.24, 2.45) is 0 Å². The summed E-state index contributed by atoms with van der Waals surface area (Å²) in [6.07, 6.45) is 3.19. The number of hydrogen-bond acceptors (Lipinski definition) is 4. The molecule has 0 fully saturated rings. The number of carbonyl (C=O) groups is 1. The zero-order valence-corrected chi connectivity index (χ0v) is 13.5. The molecule has 23 heavy (non-hydrogen) atoms. The van der Waals surface area contributed by atoms with Crippen LogP contribution in [-0.4, -0.2) is 27.2 Å². The standard InChI is InChI=1S/C18H19N3O2/c1-4-23-18(22)15-11-20-21-16(9-10-19-17(15)21)14-7-5-13(6-8-14)12(2)3/h5-12H,4H2,1-3H3. The summed E-state index contributed by atoms with van der Waals surface area (Å²) in [6, 6.07) is 10.2. The third kappa shape index (κ3) is 2.82. The molecule has 0 bridgehead atoms. The van der Waals surface area contributed by atoms with Crippen LogP contribution in [0.3, 0.4) is 0 Å². The Bertz CT molecular complexity index is 835. The lowest BCUT2D eigenvalue weighted by Gasteiger charge is -2.08. The molecule has 0 unspecified atom stereocenters. The van der Waals surface area contributed by atoms with Gasteiger partial charge in [-0.1, -0.05) is 38.1 Å². The van der Waals surface area contributed by atoms with Gasteiger partial charge in [-0.2, -0.15) is 5.10 Å². The van der Waals surface area contributed by atoms with Crippen LogP contribution in [0.5, 0.6) is 0 Å². The summed E-state index contributed by atoms with van der Waals surface area (Å²) in [6.45, 7) is 6.43. The Morgan fingerprint density at radius 2 is 1.96 bits per heavy atom. The van der Waals surface area contributed by atoms with Crippen molar-refractivity contribution in [3.05, 3.63) is 53.9 Å². The van der Waals surface area contributed by atoms with Crippen molar-refractivity contribution in [3.8, 4) is 11.3 Å². The van der Waals surface area contributed by atoms with Gasteiger partial charge >= 0.3 is 5.97 Å². The van der Waals surface area contributed by atoms with E-state index in [1.807, 2.05) is 6.07 Å². The summed E-state index contributed by atoms with van der Waals surface area (Å²) in [4.78, 5) is 16.2. The highest BCUT2D eigenvalue weighted by atomic mass is 16.5. The Morgan fingerprint density at radius 1 is 1.22 bits per heavy atom. The van der Waals surface area contributed by atoms with E-state index in [1.165, 1.54) is 11.8 Å². The van der Waals surface area contributed by atoms with Crippen molar-refractivity contribution in [1.82, 2.24) is 14.6 Å². The van der Waals surface area contributed by atoms with Crippen LogP contribution in [0.2, 0.25) is 0 Å². The number of aromatic nitrogens is 3. The summed E-state index contributed by atoms with van der Waals surface area (Å²) in [5, 5.41) is 4.31. The van der Waals surface area contributed by atoms with Crippen LogP contribution in [0.4, 0.5) is 0 Å². The van der Waals surface area contributed by atoms with E-state index in [0.717, 1.165) is 11.3 Å². The maximum Gasteiger partial charge on any atom is 0.343 e. The van der Waals surface area contributed by atoms with Crippen molar-refractivity contribution in [1.29, 1.82) is 0 Å². The minimum absolute atomic E-state index is 0.326. The number of nitrogens with zero attached hydrogens (tertiary/aromatic N) is 3. The monoisotopic (exact) mass is 309 g/mol. The van der Waals surface area contributed by atoms with Gasteiger partial charge in [0.25, 0.3) is 0 Å². The third-order valence-electron chi connectivity index (χ3n) is 3.77. The van der Waals surface area contributed by atoms with Crippen molar-refractivity contribution >= 4 is 11.6 Å². The first kappa shape index (κ1) is 15.2. The molecular weight excluding hydrogens is 290 g/mol. The summed E-state index contributed by atoms with van der Waals surface area (Å²) in [7, 11) is 0. The van der Waals surface area contributed by atoms with Crippen LogP contribution >= 0.6 is 0 Å². The van der Waals surface area contributed by atoms with E-state index in [9.17, 15) is 4.79 Å². The molecule has 0 saturated heterocycles. The Labute approximate surface area is 134 Å². The number of fused-ring (bicyclic) bond motifs is 1. The van der Waals surface area contributed by atoms with Gasteiger partial charge in [0, 0.05) is 11.8 Å². The average molecular weight is 309 g/mol. The van der Waals surface area contributed by atoms with Gasteiger partial charge in [-0.15, -0.1) is 0 Å². The molecule has 2 aromatic heterocycles. The molecule has 2 heterocycles. The maximum atomic E-state index is 12.0. The normalized spacial score (nSPS) is 11.1. The highest BCUT2D eigenvalue weighted by Gasteiger charge is 2.17. The predicted molar refractivity (Wildman–Crippen MR) is 88.5 cm³/mol. The fourth-order valence-electron chi connectivity index (χ4n) is 2.50. The van der Waals surface area contributed by atoms with E-state index in [0.29, 0.717) is 23.7 Å². The largest absolute Gasteiger partial charge is 0.462 e. The number of rotatable bonds is 4. The molecule has 0 aliphatic rings. The van der Waals surface area contributed by atoms with E-state index in [-0.39, 0.29) is 0 Å². The molecule has 118 valence electrons. The van der Waals surface area contributed by atoms with Crippen molar-refractivity contribution in [2.45, 2.75) is 26.7 Å². The smallest absolute Gasteiger partial charge is 0.343 e. The molecule has 3 rings (SSSR count). The number of hydrogen-bond donors (Lipinski definition) is 0. The second kappa shape index (κ2) is 6.20. The van der Waals surface area contributed by atoms with E-state index in [1.54, 1.807) is 17.6 Å². The number of ether oxygens (including phenoxy) is 1. The number of esters is 1. The fourth-order valence-corrected chi connectivity index (χ4v) is 2.50. The minimum Gasteiger partial charge on any atom is -0.462 e. The molecule has 0 amide bonds. The average Bonchev–Trinajstić information content (AvgIpc) is 2.99. The first-order valence-corrected chi connectivity index (χ1v) is 7.72. The summed E-state index contributed by atoms with van der Waals surface area (Å²) < 4.78 is 6.73. The molecule has 5 nitrogen and oxygen atoms in total. The zero-order valence-electron chi connectivity index (χ0n) is 13.5. The van der Waals surface area contributed by atoms with Gasteiger partial charge in [-0.25, -0.2) is 14.3 Å². The van der Waals surface area contributed by atoms with Crippen molar-refractivity contribution in [2.75, 3.05) is 6.61 Å². The topological polar surface area (TPSA) is 56.5 Å².